The van der Waals surface area contributed by atoms with Crippen molar-refractivity contribution in [1.82, 2.24) is 9.80 Å². The molecule has 1 aromatic rings. The fourth-order valence-electron chi connectivity index (χ4n) is 3.17. The fourth-order valence-corrected chi connectivity index (χ4v) is 3.17. The Morgan fingerprint density at radius 1 is 1.22 bits per heavy atom. The van der Waals surface area contributed by atoms with Crippen molar-refractivity contribution in [3.05, 3.63) is 35.9 Å². The number of benzene rings is 1. The second-order valence-corrected chi connectivity index (χ2v) is 6.61. The van der Waals surface area contributed by atoms with Gasteiger partial charge in [0, 0.05) is 33.0 Å². The van der Waals surface area contributed by atoms with Crippen molar-refractivity contribution in [1.29, 1.82) is 0 Å². The highest BCUT2D eigenvalue weighted by Gasteiger charge is 2.23. The molecule has 0 N–H and O–H groups in total. The van der Waals surface area contributed by atoms with Crippen LogP contribution in [0.3, 0.4) is 0 Å². The van der Waals surface area contributed by atoms with E-state index in [9.17, 15) is 9.59 Å². The number of piperidine rings is 1. The summed E-state index contributed by atoms with van der Waals surface area (Å²) in [4.78, 5) is 28.1. The lowest BCUT2D eigenvalue weighted by atomic mass is 9.99. The second-order valence-electron chi connectivity index (χ2n) is 6.61. The van der Waals surface area contributed by atoms with E-state index in [0.29, 0.717) is 18.9 Å². The molecule has 0 bridgehead atoms. The van der Waals surface area contributed by atoms with Crippen molar-refractivity contribution < 1.29 is 9.59 Å². The SMILES string of the molecule is CC(=O)N(CCC(=O)N1CCC(C)CC1)C(C)c1ccccc1. The number of carbonyl (C=O) groups is 2. The first-order chi connectivity index (χ1) is 11.0. The summed E-state index contributed by atoms with van der Waals surface area (Å²) < 4.78 is 0. The summed E-state index contributed by atoms with van der Waals surface area (Å²) in [5.41, 5.74) is 1.10. The fraction of sp³-hybridized carbons (Fsp3) is 0.579. The number of hydrogen-bond donors (Lipinski definition) is 0. The Morgan fingerprint density at radius 3 is 2.39 bits per heavy atom. The first-order valence-corrected chi connectivity index (χ1v) is 8.59. The van der Waals surface area contributed by atoms with Crippen molar-refractivity contribution in [2.75, 3.05) is 19.6 Å². The second kappa shape index (κ2) is 8.14. The van der Waals surface area contributed by atoms with E-state index < -0.39 is 0 Å². The summed E-state index contributed by atoms with van der Waals surface area (Å²) in [5.74, 6) is 0.899. The monoisotopic (exact) mass is 316 g/mol. The lowest BCUT2D eigenvalue weighted by Crippen LogP contribution is -2.40. The minimum absolute atomic E-state index is 0.0112. The van der Waals surface area contributed by atoms with Crippen LogP contribution in [0.2, 0.25) is 0 Å². The van der Waals surface area contributed by atoms with Crippen molar-refractivity contribution in [3.63, 3.8) is 0 Å². The molecular weight excluding hydrogens is 288 g/mol. The maximum absolute atomic E-state index is 12.4. The average molecular weight is 316 g/mol. The molecule has 1 atom stereocenters. The third kappa shape index (κ3) is 4.81. The van der Waals surface area contributed by atoms with E-state index in [4.69, 9.17) is 0 Å². The number of nitrogens with zero attached hydrogens (tertiary/aromatic N) is 2. The maximum Gasteiger partial charge on any atom is 0.224 e. The van der Waals surface area contributed by atoms with Gasteiger partial charge in [-0.15, -0.1) is 0 Å². The Hall–Kier alpha value is -1.84. The Kier molecular flexibility index (Phi) is 6.20. The number of rotatable bonds is 5. The van der Waals surface area contributed by atoms with E-state index in [1.807, 2.05) is 42.2 Å². The van der Waals surface area contributed by atoms with Crippen LogP contribution in [0.25, 0.3) is 0 Å². The molecule has 0 aliphatic carbocycles. The molecule has 4 heteroatoms. The van der Waals surface area contributed by atoms with Gasteiger partial charge in [-0.3, -0.25) is 9.59 Å². The van der Waals surface area contributed by atoms with Crippen LogP contribution in [0.5, 0.6) is 0 Å². The molecule has 4 nitrogen and oxygen atoms in total. The highest BCUT2D eigenvalue weighted by Crippen LogP contribution is 2.21. The van der Waals surface area contributed by atoms with E-state index in [2.05, 4.69) is 6.92 Å². The van der Waals surface area contributed by atoms with Gasteiger partial charge in [0.15, 0.2) is 0 Å². The molecule has 1 unspecified atom stereocenters. The summed E-state index contributed by atoms with van der Waals surface area (Å²) in [6, 6.07) is 9.95. The molecular formula is C19H28N2O2. The lowest BCUT2D eigenvalue weighted by Gasteiger charge is -2.32. The summed E-state index contributed by atoms with van der Waals surface area (Å²) in [6.07, 6.45) is 2.58. The van der Waals surface area contributed by atoms with Crippen LogP contribution in [-0.2, 0) is 9.59 Å². The van der Waals surface area contributed by atoms with Gasteiger partial charge in [0.1, 0.15) is 0 Å². The molecule has 23 heavy (non-hydrogen) atoms. The molecule has 2 amide bonds. The molecule has 1 aliphatic rings. The third-order valence-corrected chi connectivity index (χ3v) is 4.86. The average Bonchev–Trinajstić information content (AvgIpc) is 2.55. The van der Waals surface area contributed by atoms with Gasteiger partial charge in [-0.1, -0.05) is 37.3 Å². The number of hydrogen-bond acceptors (Lipinski definition) is 2. The van der Waals surface area contributed by atoms with E-state index in [-0.39, 0.29) is 17.9 Å². The first-order valence-electron chi connectivity index (χ1n) is 8.59. The van der Waals surface area contributed by atoms with E-state index in [0.717, 1.165) is 31.5 Å². The molecule has 1 saturated heterocycles. The Balaban J connectivity index is 1.92. The Morgan fingerprint density at radius 2 is 1.83 bits per heavy atom. The smallest absolute Gasteiger partial charge is 0.224 e. The van der Waals surface area contributed by atoms with E-state index in [1.165, 1.54) is 0 Å². The molecule has 0 saturated carbocycles. The number of likely N-dealkylation sites (tertiary alicyclic amines) is 1. The Labute approximate surface area is 139 Å². The van der Waals surface area contributed by atoms with Gasteiger partial charge in [0.05, 0.1) is 6.04 Å². The molecule has 1 heterocycles. The van der Waals surface area contributed by atoms with Gasteiger partial charge >= 0.3 is 0 Å². The summed E-state index contributed by atoms with van der Waals surface area (Å²) in [6.45, 7) is 8.02. The Bertz CT molecular complexity index is 521. The van der Waals surface area contributed by atoms with Gasteiger partial charge in [-0.2, -0.15) is 0 Å². The van der Waals surface area contributed by atoms with E-state index in [1.54, 1.807) is 11.8 Å². The summed E-state index contributed by atoms with van der Waals surface area (Å²) in [7, 11) is 0. The van der Waals surface area contributed by atoms with Crippen LogP contribution in [-0.4, -0.2) is 41.2 Å². The molecule has 0 aromatic heterocycles. The molecule has 126 valence electrons. The normalized spacial score (nSPS) is 16.9. The van der Waals surface area contributed by atoms with Crippen molar-refractivity contribution in [3.8, 4) is 0 Å². The largest absolute Gasteiger partial charge is 0.343 e. The number of amides is 2. The molecule has 1 aliphatic heterocycles. The zero-order valence-electron chi connectivity index (χ0n) is 14.5. The molecule has 1 fully saturated rings. The van der Waals surface area contributed by atoms with Crippen molar-refractivity contribution in [2.45, 2.75) is 46.1 Å². The molecule has 0 radical (unpaired) electrons. The topological polar surface area (TPSA) is 40.6 Å². The zero-order chi connectivity index (χ0) is 16.8. The van der Waals surface area contributed by atoms with Gasteiger partial charge < -0.3 is 9.80 Å². The molecule has 0 spiro atoms. The lowest BCUT2D eigenvalue weighted by molar-refractivity contribution is -0.135. The van der Waals surface area contributed by atoms with Crippen LogP contribution in [0.1, 0.15) is 51.6 Å². The minimum atomic E-state index is -0.0112. The third-order valence-electron chi connectivity index (χ3n) is 4.86. The quantitative estimate of drug-likeness (QED) is 0.836. The molecule has 2 rings (SSSR count). The first kappa shape index (κ1) is 17.5. The van der Waals surface area contributed by atoms with Gasteiger partial charge in [0.2, 0.25) is 11.8 Å². The van der Waals surface area contributed by atoms with Gasteiger partial charge in [0.25, 0.3) is 0 Å². The van der Waals surface area contributed by atoms with Crippen LogP contribution < -0.4 is 0 Å². The highest BCUT2D eigenvalue weighted by molar-refractivity contribution is 5.78. The van der Waals surface area contributed by atoms with Gasteiger partial charge in [-0.05, 0) is 31.2 Å². The van der Waals surface area contributed by atoms with Crippen molar-refractivity contribution >= 4 is 11.8 Å². The van der Waals surface area contributed by atoms with Crippen LogP contribution >= 0.6 is 0 Å². The van der Waals surface area contributed by atoms with Crippen molar-refractivity contribution in [2.24, 2.45) is 5.92 Å². The number of carbonyl (C=O) groups excluding carboxylic acids is 2. The maximum atomic E-state index is 12.4. The van der Waals surface area contributed by atoms with Crippen LogP contribution in [0, 0.1) is 5.92 Å². The highest BCUT2D eigenvalue weighted by atomic mass is 16.2. The summed E-state index contributed by atoms with van der Waals surface area (Å²) in [5, 5.41) is 0. The predicted molar refractivity (Wildman–Crippen MR) is 91.8 cm³/mol. The zero-order valence-corrected chi connectivity index (χ0v) is 14.5. The minimum Gasteiger partial charge on any atom is -0.343 e. The van der Waals surface area contributed by atoms with Gasteiger partial charge in [-0.25, -0.2) is 0 Å². The van der Waals surface area contributed by atoms with E-state index >= 15 is 0 Å². The predicted octanol–water partition coefficient (Wildman–Crippen LogP) is 3.24. The van der Waals surface area contributed by atoms with Crippen LogP contribution in [0.4, 0.5) is 0 Å². The standard InChI is InChI=1S/C19H28N2O2/c1-15-9-12-20(13-10-15)19(23)11-14-21(17(3)22)16(2)18-7-5-4-6-8-18/h4-8,15-16H,9-14H2,1-3H3. The molecule has 1 aromatic carbocycles. The summed E-state index contributed by atoms with van der Waals surface area (Å²) >= 11 is 0. The van der Waals surface area contributed by atoms with Crippen LogP contribution in [0.15, 0.2) is 30.3 Å².